The van der Waals surface area contributed by atoms with Gasteiger partial charge in [-0.05, 0) is 37.0 Å². The van der Waals surface area contributed by atoms with Crippen LogP contribution in [-0.2, 0) is 19.4 Å². The SMILES string of the molecule is COc1ccc(CN2CCN(C(=O)c3c4c(nc5ccccc35)CCC4)CC2)c(OC)c1OC. The number of ether oxygens (including phenoxy) is 3. The van der Waals surface area contributed by atoms with Gasteiger partial charge in [0.2, 0.25) is 5.75 Å². The van der Waals surface area contributed by atoms with Crippen molar-refractivity contribution in [3.63, 3.8) is 0 Å². The van der Waals surface area contributed by atoms with Crippen molar-refractivity contribution in [1.82, 2.24) is 14.8 Å². The molecule has 0 spiro atoms. The van der Waals surface area contributed by atoms with Gasteiger partial charge in [-0.3, -0.25) is 14.7 Å². The third-order valence-electron chi connectivity index (χ3n) is 6.97. The first-order valence-electron chi connectivity index (χ1n) is 11.8. The van der Waals surface area contributed by atoms with Crippen molar-refractivity contribution in [2.24, 2.45) is 0 Å². The second-order valence-electron chi connectivity index (χ2n) is 8.84. The number of nitrogens with zero attached hydrogens (tertiary/aromatic N) is 3. The monoisotopic (exact) mass is 461 g/mol. The third kappa shape index (κ3) is 3.94. The first-order chi connectivity index (χ1) is 16.6. The molecule has 1 saturated heterocycles. The average Bonchev–Trinajstić information content (AvgIpc) is 3.35. The summed E-state index contributed by atoms with van der Waals surface area (Å²) in [6, 6.07) is 12.0. The van der Waals surface area contributed by atoms with Crippen LogP contribution < -0.4 is 14.2 Å². The summed E-state index contributed by atoms with van der Waals surface area (Å²) in [6.45, 7) is 3.71. The molecule has 0 N–H and O–H groups in total. The van der Waals surface area contributed by atoms with E-state index in [1.54, 1.807) is 21.3 Å². The van der Waals surface area contributed by atoms with Crippen molar-refractivity contribution < 1.29 is 19.0 Å². The molecule has 2 aliphatic rings. The van der Waals surface area contributed by atoms with Gasteiger partial charge in [0.05, 0.1) is 32.4 Å². The summed E-state index contributed by atoms with van der Waals surface area (Å²) in [5.74, 6) is 2.09. The van der Waals surface area contributed by atoms with Crippen LogP contribution >= 0.6 is 0 Å². The minimum absolute atomic E-state index is 0.139. The maximum absolute atomic E-state index is 13.7. The molecule has 0 atom stereocenters. The summed E-state index contributed by atoms with van der Waals surface area (Å²) in [7, 11) is 4.89. The number of rotatable bonds is 6. The van der Waals surface area contributed by atoms with Crippen LogP contribution in [0.15, 0.2) is 36.4 Å². The minimum atomic E-state index is 0.139. The van der Waals surface area contributed by atoms with Crippen molar-refractivity contribution in [3.05, 3.63) is 58.8 Å². The Morgan fingerprint density at radius 1 is 0.912 bits per heavy atom. The fourth-order valence-corrected chi connectivity index (χ4v) is 5.25. The van der Waals surface area contributed by atoms with Crippen LogP contribution in [0.1, 0.15) is 33.6 Å². The van der Waals surface area contributed by atoms with Gasteiger partial charge < -0.3 is 19.1 Å². The fourth-order valence-electron chi connectivity index (χ4n) is 5.25. The molecule has 1 amide bonds. The Hall–Kier alpha value is -3.32. The molecule has 34 heavy (non-hydrogen) atoms. The standard InChI is InChI=1S/C27H31N3O4/c1-32-23-12-11-18(25(33-2)26(23)34-3)17-29-13-15-30(16-14-29)27(31)24-19-7-4-5-9-21(19)28-22-10-6-8-20(22)24/h4-5,7,9,11-12H,6,8,10,13-17H2,1-3H3. The van der Waals surface area contributed by atoms with Crippen molar-refractivity contribution >= 4 is 16.8 Å². The number of hydrogen-bond acceptors (Lipinski definition) is 6. The Kier molecular flexibility index (Phi) is 6.28. The van der Waals surface area contributed by atoms with E-state index in [0.717, 1.165) is 72.2 Å². The first kappa shape index (κ1) is 22.5. The Balaban J connectivity index is 1.33. The molecule has 178 valence electrons. The van der Waals surface area contributed by atoms with Gasteiger partial charge in [0.1, 0.15) is 0 Å². The average molecular weight is 462 g/mol. The number of hydrogen-bond donors (Lipinski definition) is 0. The minimum Gasteiger partial charge on any atom is -0.493 e. The Bertz CT molecular complexity index is 1220. The summed E-state index contributed by atoms with van der Waals surface area (Å²) >= 11 is 0. The van der Waals surface area contributed by atoms with E-state index in [0.29, 0.717) is 30.3 Å². The number of carbonyl (C=O) groups excluding carboxylic acids is 1. The number of aryl methyl sites for hydroxylation is 1. The van der Waals surface area contributed by atoms with Gasteiger partial charge in [-0.2, -0.15) is 0 Å². The van der Waals surface area contributed by atoms with Crippen molar-refractivity contribution in [1.29, 1.82) is 0 Å². The largest absolute Gasteiger partial charge is 0.493 e. The fraction of sp³-hybridized carbons (Fsp3) is 0.407. The van der Waals surface area contributed by atoms with E-state index < -0.39 is 0 Å². The summed E-state index contributed by atoms with van der Waals surface area (Å²) in [5, 5.41) is 0.977. The summed E-state index contributed by atoms with van der Waals surface area (Å²) in [6.07, 6.45) is 2.97. The Labute approximate surface area is 200 Å². The quantitative estimate of drug-likeness (QED) is 0.558. The zero-order valence-electron chi connectivity index (χ0n) is 20.1. The second kappa shape index (κ2) is 9.50. The predicted molar refractivity (Wildman–Crippen MR) is 131 cm³/mol. The molecule has 7 nitrogen and oxygen atoms in total. The molecule has 0 saturated carbocycles. The number of amides is 1. The van der Waals surface area contributed by atoms with Crippen molar-refractivity contribution in [2.45, 2.75) is 25.8 Å². The van der Waals surface area contributed by atoms with Crippen LogP contribution in [0.3, 0.4) is 0 Å². The number of carbonyl (C=O) groups is 1. The van der Waals surface area contributed by atoms with Gasteiger partial charge in [0.15, 0.2) is 11.5 Å². The highest BCUT2D eigenvalue weighted by molar-refractivity contribution is 6.07. The van der Waals surface area contributed by atoms with E-state index in [-0.39, 0.29) is 5.91 Å². The van der Waals surface area contributed by atoms with Crippen LogP contribution in [0, 0.1) is 0 Å². The van der Waals surface area contributed by atoms with Gasteiger partial charge in [-0.15, -0.1) is 0 Å². The molecular weight excluding hydrogens is 430 g/mol. The maximum atomic E-state index is 13.7. The highest BCUT2D eigenvalue weighted by Gasteiger charge is 2.29. The molecule has 0 unspecified atom stereocenters. The van der Waals surface area contributed by atoms with E-state index in [1.807, 2.05) is 41.3 Å². The van der Waals surface area contributed by atoms with Gasteiger partial charge in [-0.25, -0.2) is 0 Å². The topological polar surface area (TPSA) is 64.1 Å². The lowest BCUT2D eigenvalue weighted by atomic mass is 9.99. The lowest BCUT2D eigenvalue weighted by Gasteiger charge is -2.35. The number of pyridine rings is 1. The van der Waals surface area contributed by atoms with E-state index >= 15 is 0 Å². The van der Waals surface area contributed by atoms with E-state index in [2.05, 4.69) is 4.90 Å². The molecule has 7 heteroatoms. The van der Waals surface area contributed by atoms with Gasteiger partial charge in [-0.1, -0.05) is 24.3 Å². The molecule has 3 aromatic rings. The molecule has 5 rings (SSSR count). The number of benzene rings is 2. The maximum Gasteiger partial charge on any atom is 0.254 e. The number of para-hydroxylation sites is 1. The van der Waals surface area contributed by atoms with Crippen LogP contribution in [0.5, 0.6) is 17.2 Å². The molecule has 2 aromatic carbocycles. The number of fused-ring (bicyclic) bond motifs is 2. The van der Waals surface area contributed by atoms with Crippen molar-refractivity contribution in [2.75, 3.05) is 47.5 Å². The zero-order valence-corrected chi connectivity index (χ0v) is 20.1. The van der Waals surface area contributed by atoms with Gasteiger partial charge >= 0.3 is 0 Å². The van der Waals surface area contributed by atoms with Gasteiger partial charge in [0.25, 0.3) is 5.91 Å². The first-order valence-corrected chi connectivity index (χ1v) is 11.8. The number of methoxy groups -OCH3 is 3. The smallest absolute Gasteiger partial charge is 0.254 e. The lowest BCUT2D eigenvalue weighted by Crippen LogP contribution is -2.48. The number of aromatic nitrogens is 1. The van der Waals surface area contributed by atoms with Crippen molar-refractivity contribution in [3.8, 4) is 17.2 Å². The summed E-state index contributed by atoms with van der Waals surface area (Å²) in [4.78, 5) is 22.9. The molecule has 2 heterocycles. The normalized spacial score (nSPS) is 15.9. The predicted octanol–water partition coefficient (Wildman–Crippen LogP) is 3.71. The molecule has 1 aliphatic heterocycles. The Morgan fingerprint density at radius 2 is 1.68 bits per heavy atom. The Morgan fingerprint density at radius 3 is 2.41 bits per heavy atom. The summed E-state index contributed by atoms with van der Waals surface area (Å²) < 4.78 is 16.6. The zero-order chi connectivity index (χ0) is 23.7. The van der Waals surface area contributed by atoms with E-state index in [9.17, 15) is 4.79 Å². The molecule has 1 aliphatic carbocycles. The molecular formula is C27H31N3O4. The van der Waals surface area contributed by atoms with Crippen LogP contribution in [0.2, 0.25) is 0 Å². The molecule has 1 aromatic heterocycles. The highest BCUT2D eigenvalue weighted by atomic mass is 16.5. The number of piperazine rings is 1. The highest BCUT2D eigenvalue weighted by Crippen LogP contribution is 2.40. The van der Waals surface area contributed by atoms with Gasteiger partial charge in [0, 0.05) is 49.4 Å². The van der Waals surface area contributed by atoms with E-state index in [4.69, 9.17) is 19.2 Å². The second-order valence-corrected chi connectivity index (χ2v) is 8.84. The van der Waals surface area contributed by atoms with E-state index in [1.165, 1.54) is 0 Å². The molecule has 1 fully saturated rings. The lowest BCUT2D eigenvalue weighted by molar-refractivity contribution is 0.0628. The molecule has 0 radical (unpaired) electrons. The molecule has 0 bridgehead atoms. The van der Waals surface area contributed by atoms with Crippen LogP contribution in [0.25, 0.3) is 10.9 Å². The third-order valence-corrected chi connectivity index (χ3v) is 6.97. The summed E-state index contributed by atoms with van der Waals surface area (Å²) in [5.41, 5.74) is 5.08. The van der Waals surface area contributed by atoms with Crippen LogP contribution in [-0.4, -0.2) is 68.2 Å². The van der Waals surface area contributed by atoms with Crippen LogP contribution in [0.4, 0.5) is 0 Å².